The van der Waals surface area contributed by atoms with Gasteiger partial charge in [-0.3, -0.25) is 0 Å². The van der Waals surface area contributed by atoms with E-state index < -0.39 is 0 Å². The summed E-state index contributed by atoms with van der Waals surface area (Å²) in [5.41, 5.74) is 0.908. The standard InChI is InChI=1S/C16H24FNO/c1-4-18(14-7-5-6-13(17)10-14)11-12-8-9-16(2,3)15(12)19/h5-7,10,12,15,19H,4,8-9,11H2,1-3H3. The van der Waals surface area contributed by atoms with Crippen LogP contribution < -0.4 is 4.90 Å². The van der Waals surface area contributed by atoms with E-state index in [-0.39, 0.29) is 23.3 Å². The van der Waals surface area contributed by atoms with Crippen LogP contribution in [-0.2, 0) is 0 Å². The second-order valence-corrected chi connectivity index (χ2v) is 6.25. The molecule has 0 aliphatic heterocycles. The highest BCUT2D eigenvalue weighted by Gasteiger charge is 2.41. The molecule has 3 heteroatoms. The van der Waals surface area contributed by atoms with E-state index in [0.29, 0.717) is 0 Å². The van der Waals surface area contributed by atoms with E-state index in [1.165, 1.54) is 6.07 Å². The molecule has 0 radical (unpaired) electrons. The van der Waals surface area contributed by atoms with Crippen molar-refractivity contribution < 1.29 is 9.50 Å². The Morgan fingerprint density at radius 3 is 2.68 bits per heavy atom. The number of aliphatic hydroxyl groups is 1. The van der Waals surface area contributed by atoms with E-state index >= 15 is 0 Å². The first kappa shape index (κ1) is 14.3. The van der Waals surface area contributed by atoms with Gasteiger partial charge in [0.05, 0.1) is 6.10 Å². The smallest absolute Gasteiger partial charge is 0.125 e. The second kappa shape index (κ2) is 5.49. The maximum Gasteiger partial charge on any atom is 0.125 e. The van der Waals surface area contributed by atoms with Crippen LogP contribution in [0, 0.1) is 17.2 Å². The minimum Gasteiger partial charge on any atom is -0.392 e. The molecule has 2 rings (SSSR count). The summed E-state index contributed by atoms with van der Waals surface area (Å²) in [7, 11) is 0. The van der Waals surface area contributed by atoms with E-state index in [1.54, 1.807) is 12.1 Å². The average Bonchev–Trinajstić information content (AvgIpc) is 2.62. The van der Waals surface area contributed by atoms with Crippen LogP contribution in [0.5, 0.6) is 0 Å². The average molecular weight is 265 g/mol. The van der Waals surface area contributed by atoms with Gasteiger partial charge >= 0.3 is 0 Å². The van der Waals surface area contributed by atoms with Crippen molar-refractivity contribution in [2.24, 2.45) is 11.3 Å². The number of nitrogens with zero attached hydrogens (tertiary/aromatic N) is 1. The predicted molar refractivity (Wildman–Crippen MR) is 76.8 cm³/mol. The molecule has 0 amide bonds. The first-order valence-corrected chi connectivity index (χ1v) is 7.12. The van der Waals surface area contributed by atoms with Gasteiger partial charge in [0, 0.05) is 24.7 Å². The Kier molecular flexibility index (Phi) is 4.14. The van der Waals surface area contributed by atoms with Crippen LogP contribution >= 0.6 is 0 Å². The number of rotatable bonds is 4. The van der Waals surface area contributed by atoms with Crippen molar-refractivity contribution in [3.8, 4) is 0 Å². The molecule has 1 fully saturated rings. The van der Waals surface area contributed by atoms with Crippen LogP contribution in [0.2, 0.25) is 0 Å². The number of benzene rings is 1. The van der Waals surface area contributed by atoms with Crippen LogP contribution in [0.15, 0.2) is 24.3 Å². The lowest BCUT2D eigenvalue weighted by molar-refractivity contribution is 0.0482. The maximum absolute atomic E-state index is 13.3. The summed E-state index contributed by atoms with van der Waals surface area (Å²) in [6.07, 6.45) is 1.83. The van der Waals surface area contributed by atoms with Gasteiger partial charge in [-0.15, -0.1) is 0 Å². The molecule has 2 atom stereocenters. The zero-order valence-electron chi connectivity index (χ0n) is 12.1. The van der Waals surface area contributed by atoms with Crippen LogP contribution in [-0.4, -0.2) is 24.3 Å². The van der Waals surface area contributed by atoms with Gasteiger partial charge in [-0.05, 0) is 43.4 Å². The summed E-state index contributed by atoms with van der Waals surface area (Å²) < 4.78 is 13.3. The highest BCUT2D eigenvalue weighted by molar-refractivity contribution is 5.46. The van der Waals surface area contributed by atoms with Crippen LogP contribution in [0.25, 0.3) is 0 Å². The zero-order valence-corrected chi connectivity index (χ0v) is 12.1. The Balaban J connectivity index is 2.08. The van der Waals surface area contributed by atoms with Crippen LogP contribution in [0.3, 0.4) is 0 Å². The van der Waals surface area contributed by atoms with E-state index in [0.717, 1.165) is 31.6 Å². The molecule has 0 saturated heterocycles. The molecular weight excluding hydrogens is 241 g/mol. The van der Waals surface area contributed by atoms with Gasteiger partial charge in [0.15, 0.2) is 0 Å². The van der Waals surface area contributed by atoms with Crippen molar-refractivity contribution in [2.45, 2.75) is 39.7 Å². The summed E-state index contributed by atoms with van der Waals surface area (Å²) in [5.74, 6) is 0.0708. The molecule has 1 aliphatic rings. The predicted octanol–water partition coefficient (Wildman–Crippen LogP) is 3.45. The largest absolute Gasteiger partial charge is 0.392 e. The van der Waals surface area contributed by atoms with Gasteiger partial charge in [0.1, 0.15) is 5.82 Å². The molecule has 2 unspecified atom stereocenters. The van der Waals surface area contributed by atoms with Gasteiger partial charge in [-0.25, -0.2) is 4.39 Å². The van der Waals surface area contributed by atoms with Crippen LogP contribution in [0.4, 0.5) is 10.1 Å². The van der Waals surface area contributed by atoms with E-state index in [2.05, 4.69) is 25.7 Å². The molecule has 0 aromatic heterocycles. The Labute approximate surface area is 115 Å². The van der Waals surface area contributed by atoms with Crippen molar-refractivity contribution in [3.05, 3.63) is 30.1 Å². The highest BCUT2D eigenvalue weighted by Crippen LogP contribution is 2.41. The Morgan fingerprint density at radius 1 is 1.42 bits per heavy atom. The number of aliphatic hydroxyl groups excluding tert-OH is 1. The van der Waals surface area contributed by atoms with Gasteiger partial charge < -0.3 is 10.0 Å². The van der Waals surface area contributed by atoms with Crippen molar-refractivity contribution in [1.29, 1.82) is 0 Å². The van der Waals surface area contributed by atoms with E-state index in [4.69, 9.17) is 0 Å². The highest BCUT2D eigenvalue weighted by atomic mass is 19.1. The Bertz CT molecular complexity index is 433. The fourth-order valence-corrected chi connectivity index (χ4v) is 3.07. The SMILES string of the molecule is CCN(CC1CCC(C)(C)C1O)c1cccc(F)c1. The number of halogens is 1. The third kappa shape index (κ3) is 3.08. The van der Waals surface area contributed by atoms with Gasteiger partial charge in [0.25, 0.3) is 0 Å². The van der Waals surface area contributed by atoms with Crippen molar-refractivity contribution in [1.82, 2.24) is 0 Å². The zero-order chi connectivity index (χ0) is 14.0. The van der Waals surface area contributed by atoms with Gasteiger partial charge in [-0.1, -0.05) is 19.9 Å². The summed E-state index contributed by atoms with van der Waals surface area (Å²) in [6.45, 7) is 7.93. The normalized spacial score (nSPS) is 25.5. The number of hydrogen-bond acceptors (Lipinski definition) is 2. The topological polar surface area (TPSA) is 23.5 Å². The lowest BCUT2D eigenvalue weighted by atomic mass is 9.87. The summed E-state index contributed by atoms with van der Waals surface area (Å²) in [6, 6.07) is 6.70. The second-order valence-electron chi connectivity index (χ2n) is 6.25. The molecule has 1 N–H and O–H groups in total. The third-order valence-electron chi connectivity index (χ3n) is 4.42. The molecular formula is C16H24FNO. The van der Waals surface area contributed by atoms with E-state index in [1.807, 2.05) is 6.07 Å². The molecule has 1 saturated carbocycles. The van der Waals surface area contributed by atoms with Crippen molar-refractivity contribution >= 4 is 5.69 Å². The summed E-state index contributed by atoms with van der Waals surface area (Å²) >= 11 is 0. The Hall–Kier alpha value is -1.09. The molecule has 106 valence electrons. The van der Waals surface area contributed by atoms with Crippen molar-refractivity contribution in [2.75, 3.05) is 18.0 Å². The first-order valence-electron chi connectivity index (χ1n) is 7.12. The van der Waals surface area contributed by atoms with Gasteiger partial charge in [0.2, 0.25) is 0 Å². The summed E-state index contributed by atoms with van der Waals surface area (Å²) in [4.78, 5) is 2.15. The molecule has 0 bridgehead atoms. The molecule has 1 aromatic rings. The Morgan fingerprint density at radius 2 is 2.16 bits per heavy atom. The minimum atomic E-state index is -0.268. The molecule has 0 heterocycles. The minimum absolute atomic E-state index is 0.00597. The fourth-order valence-electron chi connectivity index (χ4n) is 3.07. The lowest BCUT2D eigenvalue weighted by Gasteiger charge is -2.31. The van der Waals surface area contributed by atoms with Crippen molar-refractivity contribution in [3.63, 3.8) is 0 Å². The summed E-state index contributed by atoms with van der Waals surface area (Å²) in [5, 5.41) is 10.4. The monoisotopic (exact) mass is 265 g/mol. The third-order valence-corrected chi connectivity index (χ3v) is 4.42. The van der Waals surface area contributed by atoms with Gasteiger partial charge in [-0.2, -0.15) is 0 Å². The fraction of sp³-hybridized carbons (Fsp3) is 0.625. The molecule has 19 heavy (non-hydrogen) atoms. The maximum atomic E-state index is 13.3. The number of hydrogen-bond donors (Lipinski definition) is 1. The van der Waals surface area contributed by atoms with E-state index in [9.17, 15) is 9.50 Å². The molecule has 1 aromatic carbocycles. The molecule has 1 aliphatic carbocycles. The number of anilines is 1. The molecule has 0 spiro atoms. The van der Waals surface area contributed by atoms with Crippen LogP contribution in [0.1, 0.15) is 33.6 Å². The quantitative estimate of drug-likeness (QED) is 0.901. The molecule has 2 nitrogen and oxygen atoms in total. The lowest BCUT2D eigenvalue weighted by Crippen LogP contribution is -2.36. The first-order chi connectivity index (χ1) is 8.94.